The molecular weight excluding hydrogens is 489 g/mol. The van der Waals surface area contributed by atoms with Gasteiger partial charge in [-0.2, -0.15) is 0 Å². The van der Waals surface area contributed by atoms with E-state index in [0.29, 0.717) is 0 Å². The fourth-order valence-corrected chi connectivity index (χ4v) is 4.09. The monoisotopic (exact) mass is 509 g/mol. The van der Waals surface area contributed by atoms with Crippen LogP contribution >= 0.6 is 31.5 Å². The van der Waals surface area contributed by atoms with E-state index in [1.165, 1.54) is 16.7 Å². The zero-order valence-electron chi connectivity index (χ0n) is 17.3. The number of aryl methyl sites for hydroxylation is 3. The average molecular weight is 510 g/mol. The summed E-state index contributed by atoms with van der Waals surface area (Å²) in [7, 11) is 9.53. The summed E-state index contributed by atoms with van der Waals surface area (Å²) < 4.78 is 0. The summed E-state index contributed by atoms with van der Waals surface area (Å²) in [5.41, 5.74) is 6.53. The van der Waals surface area contributed by atoms with Gasteiger partial charge in [-0.05, 0) is 56.2 Å². The normalized spacial score (nSPS) is 11.4. The van der Waals surface area contributed by atoms with Gasteiger partial charge in [-0.1, -0.05) is 35.9 Å². The molecule has 0 saturated carbocycles. The number of nitrogens with zero attached hydrogens (tertiary/aromatic N) is 3. The van der Waals surface area contributed by atoms with Crippen molar-refractivity contribution in [2.24, 2.45) is 9.98 Å². The second-order valence-corrected chi connectivity index (χ2v) is 9.88. The standard InChI is InChI=1S/C24H21N3S.2ClH.Fe/c1-16-12-17(2)23(18(3)13-16)27-15-21-10-9-20(28-21)14-26-22-8-4-6-19-7-5-11-25-24(19)22;;;/h4-15H,1-3H3;2*1H;/q;;;+2/p-2. The summed E-state index contributed by atoms with van der Waals surface area (Å²) in [6, 6.07) is 18.5. The van der Waals surface area contributed by atoms with Crippen molar-refractivity contribution in [2.45, 2.75) is 20.8 Å². The summed E-state index contributed by atoms with van der Waals surface area (Å²) in [6.45, 7) is 6.33. The van der Waals surface area contributed by atoms with Gasteiger partial charge in [-0.15, -0.1) is 11.3 Å². The number of aliphatic imine (C=N–C) groups is 2. The van der Waals surface area contributed by atoms with Crippen LogP contribution in [0.2, 0.25) is 0 Å². The number of rotatable bonds is 4. The van der Waals surface area contributed by atoms with Crippen LogP contribution in [0.25, 0.3) is 10.9 Å². The van der Waals surface area contributed by atoms with E-state index >= 15 is 0 Å². The average Bonchev–Trinajstić information content (AvgIpc) is 3.20. The summed E-state index contributed by atoms with van der Waals surface area (Å²) in [4.78, 5) is 16.0. The number of hydrogen-bond acceptors (Lipinski definition) is 4. The second-order valence-electron chi connectivity index (χ2n) is 6.91. The summed E-state index contributed by atoms with van der Waals surface area (Å²) in [6.07, 6.45) is 5.64. The minimum absolute atomic E-state index is 0.194. The van der Waals surface area contributed by atoms with Gasteiger partial charge in [0, 0.05) is 33.8 Å². The van der Waals surface area contributed by atoms with Crippen molar-refractivity contribution in [3.63, 3.8) is 0 Å². The zero-order chi connectivity index (χ0) is 22.2. The van der Waals surface area contributed by atoms with E-state index in [2.05, 4.69) is 67.1 Å². The van der Waals surface area contributed by atoms with E-state index in [1.54, 1.807) is 17.5 Å². The fraction of sp³-hybridized carbons (Fsp3) is 0.125. The number of benzene rings is 2. The molecule has 0 unspecified atom stereocenters. The van der Waals surface area contributed by atoms with Crippen LogP contribution in [0.1, 0.15) is 26.4 Å². The number of fused-ring (bicyclic) bond motifs is 1. The Bertz CT molecular complexity index is 1210. The molecule has 2 heterocycles. The zero-order valence-corrected chi connectivity index (χ0v) is 20.7. The number of para-hydroxylation sites is 1. The molecule has 0 amide bonds. The van der Waals surface area contributed by atoms with Crippen molar-refractivity contribution in [3.8, 4) is 0 Å². The maximum absolute atomic E-state index is 4.76. The Labute approximate surface area is 201 Å². The SMILES string of the molecule is Cc1cc(C)c(N=Cc2ccc(C=Nc3cccc4cccnc34)s2)c(C)c1.[Cl][Fe][Cl]. The Morgan fingerprint density at radius 3 is 2.16 bits per heavy atom. The molecule has 0 fully saturated rings. The number of aromatic nitrogens is 1. The Morgan fingerprint density at radius 1 is 0.871 bits per heavy atom. The maximum atomic E-state index is 4.76. The Hall–Kier alpha value is -2.01. The molecule has 160 valence electrons. The predicted octanol–water partition coefficient (Wildman–Crippen LogP) is 8.10. The molecule has 0 bridgehead atoms. The Balaban J connectivity index is 0.000000858. The van der Waals surface area contributed by atoms with Crippen LogP contribution < -0.4 is 0 Å². The van der Waals surface area contributed by atoms with Gasteiger partial charge in [-0.3, -0.25) is 15.0 Å². The van der Waals surface area contributed by atoms with Crippen molar-refractivity contribution >= 4 is 66.2 Å². The molecule has 0 N–H and O–H groups in total. The Kier molecular flexibility index (Phi) is 8.82. The first-order valence-electron chi connectivity index (χ1n) is 9.46. The van der Waals surface area contributed by atoms with Crippen LogP contribution in [0.5, 0.6) is 0 Å². The van der Waals surface area contributed by atoms with Crippen molar-refractivity contribution in [1.82, 2.24) is 4.98 Å². The molecule has 0 saturated heterocycles. The summed E-state index contributed by atoms with van der Waals surface area (Å²) in [5.74, 6) is 0. The van der Waals surface area contributed by atoms with Crippen LogP contribution in [0.15, 0.2) is 70.8 Å². The number of halogens is 2. The first-order valence-corrected chi connectivity index (χ1v) is 13.3. The molecule has 31 heavy (non-hydrogen) atoms. The summed E-state index contributed by atoms with van der Waals surface area (Å²) in [5, 5.41) is 1.10. The van der Waals surface area contributed by atoms with Crippen LogP contribution in [0.4, 0.5) is 11.4 Å². The van der Waals surface area contributed by atoms with Crippen molar-refractivity contribution in [1.29, 1.82) is 0 Å². The molecule has 2 aromatic carbocycles. The molecule has 0 aliphatic heterocycles. The molecule has 0 radical (unpaired) electrons. The third-order valence-electron chi connectivity index (χ3n) is 4.55. The van der Waals surface area contributed by atoms with Gasteiger partial charge in [0.25, 0.3) is 0 Å². The fourth-order valence-electron chi connectivity index (χ4n) is 3.34. The first kappa shape index (κ1) is 23.6. The number of pyridine rings is 1. The van der Waals surface area contributed by atoms with Gasteiger partial charge in [-0.25, -0.2) is 0 Å². The van der Waals surface area contributed by atoms with Crippen LogP contribution in [0, 0.1) is 20.8 Å². The van der Waals surface area contributed by atoms with Gasteiger partial charge >= 0.3 is 33.3 Å². The van der Waals surface area contributed by atoms with E-state index in [9.17, 15) is 0 Å². The molecule has 4 rings (SSSR count). The van der Waals surface area contributed by atoms with E-state index in [4.69, 9.17) is 25.2 Å². The molecule has 0 aliphatic rings. The molecule has 0 aliphatic carbocycles. The molecule has 4 aromatic rings. The molecule has 2 aromatic heterocycles. The van der Waals surface area contributed by atoms with Gasteiger partial charge in [0.2, 0.25) is 0 Å². The third-order valence-corrected chi connectivity index (χ3v) is 5.50. The molecular formula is C24H21Cl2FeN3S. The molecule has 3 nitrogen and oxygen atoms in total. The van der Waals surface area contributed by atoms with Crippen molar-refractivity contribution in [2.75, 3.05) is 0 Å². The van der Waals surface area contributed by atoms with E-state index in [-0.39, 0.29) is 13.1 Å². The van der Waals surface area contributed by atoms with Gasteiger partial charge < -0.3 is 0 Å². The van der Waals surface area contributed by atoms with Crippen LogP contribution in [-0.2, 0) is 13.1 Å². The molecule has 0 atom stereocenters. The van der Waals surface area contributed by atoms with Gasteiger partial charge in [0.05, 0.1) is 16.9 Å². The van der Waals surface area contributed by atoms with Gasteiger partial charge in [0.1, 0.15) is 0 Å². The number of hydrogen-bond donors (Lipinski definition) is 0. The topological polar surface area (TPSA) is 37.6 Å². The minimum atomic E-state index is 0.194. The van der Waals surface area contributed by atoms with Crippen LogP contribution in [0.3, 0.4) is 0 Å². The predicted molar refractivity (Wildman–Crippen MR) is 133 cm³/mol. The molecule has 7 heteroatoms. The van der Waals surface area contributed by atoms with Crippen molar-refractivity contribution in [3.05, 3.63) is 87.2 Å². The van der Waals surface area contributed by atoms with Gasteiger partial charge in [0.15, 0.2) is 0 Å². The van der Waals surface area contributed by atoms with E-state index < -0.39 is 0 Å². The third kappa shape index (κ3) is 6.49. The quantitative estimate of drug-likeness (QED) is 0.202. The summed E-state index contributed by atoms with van der Waals surface area (Å²) >= 11 is 1.87. The first-order chi connectivity index (χ1) is 15.0. The van der Waals surface area contributed by atoms with E-state index in [1.807, 2.05) is 30.6 Å². The second kappa shape index (κ2) is 11.6. The van der Waals surface area contributed by atoms with Crippen LogP contribution in [-0.4, -0.2) is 17.4 Å². The Morgan fingerprint density at radius 2 is 1.48 bits per heavy atom. The molecule has 0 spiro atoms. The number of thiophene rings is 1. The van der Waals surface area contributed by atoms with E-state index in [0.717, 1.165) is 32.0 Å². The van der Waals surface area contributed by atoms with Crippen molar-refractivity contribution < 1.29 is 13.1 Å².